The van der Waals surface area contributed by atoms with Crippen LogP contribution in [0.3, 0.4) is 0 Å². The quantitative estimate of drug-likeness (QED) is 0.683. The Morgan fingerprint density at radius 3 is 2.17 bits per heavy atom. The zero-order valence-electron chi connectivity index (χ0n) is 12.4. The second kappa shape index (κ2) is 5.70. The lowest BCUT2D eigenvalue weighted by atomic mass is 9.92. The fourth-order valence-corrected chi connectivity index (χ4v) is 2.32. The van der Waals surface area contributed by atoms with Gasteiger partial charge >= 0.3 is 11.8 Å². The molecule has 0 aliphatic carbocycles. The van der Waals surface area contributed by atoms with E-state index in [0.717, 1.165) is 18.2 Å². The van der Waals surface area contributed by atoms with Gasteiger partial charge in [0, 0.05) is 17.0 Å². The molecular weight excluding hydrogens is 324 g/mol. The van der Waals surface area contributed by atoms with Crippen LogP contribution < -0.4 is 5.10 Å². The molecule has 0 saturated heterocycles. The van der Waals surface area contributed by atoms with Crippen molar-refractivity contribution in [2.24, 2.45) is 0 Å². The van der Waals surface area contributed by atoms with Gasteiger partial charge in [0.1, 0.15) is 0 Å². The van der Waals surface area contributed by atoms with Gasteiger partial charge in [0.15, 0.2) is 0 Å². The molecule has 3 aromatic rings. The first-order valence-corrected chi connectivity index (χ1v) is 6.95. The predicted molar refractivity (Wildman–Crippen MR) is 77.6 cm³/mol. The third kappa shape index (κ3) is 2.53. The van der Waals surface area contributed by atoms with E-state index in [1.54, 1.807) is 6.92 Å². The highest BCUT2D eigenvalue weighted by Crippen LogP contribution is 2.51. The third-order valence-electron chi connectivity index (χ3n) is 3.63. The molecule has 1 aromatic heterocycles. The molecule has 0 radical (unpaired) electrons. The molecule has 0 bridgehead atoms. The Balaban J connectivity index is 2.12. The number of benzene rings is 2. The van der Waals surface area contributed by atoms with Gasteiger partial charge in [-0.25, -0.2) is 0 Å². The number of hydrogen-bond donors (Lipinski definition) is 0. The number of halogens is 4. The van der Waals surface area contributed by atoms with E-state index in [1.807, 2.05) is 0 Å². The van der Waals surface area contributed by atoms with E-state index in [2.05, 4.69) is 20.6 Å². The van der Waals surface area contributed by atoms with Gasteiger partial charge in [-0.05, 0) is 12.5 Å². The van der Waals surface area contributed by atoms with Gasteiger partial charge in [-0.1, -0.05) is 54.1 Å². The predicted octanol–water partition coefficient (Wildman–Crippen LogP) is 3.69. The Hall–Kier alpha value is -2.77. The minimum atomic E-state index is -4.47. The van der Waals surface area contributed by atoms with Crippen LogP contribution in [0.25, 0.3) is 11.4 Å². The molecule has 8 heteroatoms. The topological polar surface area (TPSA) is 52.8 Å². The maximum absolute atomic E-state index is 14.7. The van der Waals surface area contributed by atoms with Gasteiger partial charge in [-0.15, -0.1) is 0 Å². The summed E-state index contributed by atoms with van der Waals surface area (Å²) in [5, 5.41) is 13.4. The first-order chi connectivity index (χ1) is 11.3. The van der Waals surface area contributed by atoms with Gasteiger partial charge < -0.3 is 5.10 Å². The van der Waals surface area contributed by atoms with Crippen molar-refractivity contribution in [2.45, 2.75) is 18.8 Å². The first kappa shape index (κ1) is 16.1. The zero-order chi connectivity index (χ0) is 17.4. The lowest BCUT2D eigenvalue weighted by Gasteiger charge is -2.29. The Bertz CT molecular complexity index is 830. The Morgan fingerprint density at radius 1 is 0.875 bits per heavy atom. The van der Waals surface area contributed by atoms with Crippen molar-refractivity contribution in [1.29, 1.82) is 0 Å². The van der Waals surface area contributed by atoms with Gasteiger partial charge in [0.25, 0.3) is 0 Å². The molecule has 124 valence electrons. The monoisotopic (exact) mass is 335 g/mol. The molecule has 4 nitrogen and oxygen atoms in total. The van der Waals surface area contributed by atoms with E-state index in [-0.39, 0.29) is 11.4 Å². The van der Waals surface area contributed by atoms with Gasteiger partial charge in [0.2, 0.25) is 0 Å². The van der Waals surface area contributed by atoms with Crippen LogP contribution in [-0.2, 0) is 11.8 Å². The fraction of sp³-hybridized carbons (Fsp3) is 0.188. The van der Waals surface area contributed by atoms with Crippen molar-refractivity contribution in [3.05, 3.63) is 65.2 Å². The first-order valence-electron chi connectivity index (χ1n) is 6.95. The van der Waals surface area contributed by atoms with E-state index >= 15 is 0 Å². The largest absolute Gasteiger partial charge is 0.340 e. The number of hydrogen-bond acceptors (Lipinski definition) is 3. The van der Waals surface area contributed by atoms with Crippen LogP contribution in [-0.4, -0.2) is 15.5 Å². The minimum Gasteiger partial charge on any atom is -0.330 e. The summed E-state index contributed by atoms with van der Waals surface area (Å²) in [7, 11) is 0. The van der Waals surface area contributed by atoms with E-state index < -0.39 is 23.0 Å². The van der Waals surface area contributed by atoms with Crippen molar-refractivity contribution in [3.63, 3.8) is 0 Å². The van der Waals surface area contributed by atoms with Gasteiger partial charge in [0.05, 0.1) is 0 Å². The highest BCUT2D eigenvalue weighted by atomic mass is 19.3. The maximum Gasteiger partial charge on any atom is 0.340 e. The molecule has 0 amide bonds. The van der Waals surface area contributed by atoms with Crippen molar-refractivity contribution in [3.8, 4) is 11.4 Å². The van der Waals surface area contributed by atoms with E-state index in [9.17, 15) is 17.6 Å². The third-order valence-corrected chi connectivity index (χ3v) is 3.63. The molecule has 0 fully saturated rings. The summed E-state index contributed by atoms with van der Waals surface area (Å²) in [6.07, 6.45) is 0. The van der Waals surface area contributed by atoms with Crippen molar-refractivity contribution in [1.82, 2.24) is 20.6 Å². The van der Waals surface area contributed by atoms with E-state index in [1.165, 1.54) is 30.3 Å². The van der Waals surface area contributed by atoms with Crippen LogP contribution in [0.5, 0.6) is 0 Å². The van der Waals surface area contributed by atoms with Crippen LogP contribution in [0.1, 0.15) is 16.7 Å². The summed E-state index contributed by atoms with van der Waals surface area (Å²) in [6.45, 7) is 1.68. The smallest absolute Gasteiger partial charge is 0.330 e. The molecule has 0 atom stereocenters. The highest BCUT2D eigenvalue weighted by molar-refractivity contribution is 5.61. The lowest BCUT2D eigenvalue weighted by molar-refractivity contribution is -0.223. The Labute approximate surface area is 134 Å². The summed E-state index contributed by atoms with van der Waals surface area (Å²) >= 11 is 0. The molecular formula is C16H11F4N4-. The number of tetrazole rings is 1. The molecule has 1 heterocycles. The molecule has 0 saturated carbocycles. The van der Waals surface area contributed by atoms with Crippen molar-refractivity contribution >= 4 is 0 Å². The summed E-state index contributed by atoms with van der Waals surface area (Å²) < 4.78 is 58.6. The average molecular weight is 335 g/mol. The van der Waals surface area contributed by atoms with E-state index in [4.69, 9.17) is 0 Å². The number of aryl methyl sites for hydroxylation is 1. The zero-order valence-corrected chi connectivity index (χ0v) is 12.4. The van der Waals surface area contributed by atoms with Gasteiger partial charge in [-0.2, -0.15) is 22.8 Å². The molecule has 0 unspecified atom stereocenters. The summed E-state index contributed by atoms with van der Waals surface area (Å²) in [5.41, 5.74) is -1.20. The molecule has 0 aliphatic rings. The second-order valence-electron chi connectivity index (χ2n) is 5.26. The van der Waals surface area contributed by atoms with Crippen LogP contribution in [0.2, 0.25) is 0 Å². The Kier molecular flexibility index (Phi) is 3.82. The van der Waals surface area contributed by atoms with Gasteiger partial charge in [-0.3, -0.25) is 10.3 Å². The van der Waals surface area contributed by atoms with Crippen LogP contribution >= 0.6 is 0 Å². The molecule has 0 spiro atoms. The standard InChI is InChI=1S/C16H11F4N4/c1-10-6-8-11(9-7-10)15(17,18)16(19,20)13-5-3-2-4-12(13)14-21-23-24-22-14/h2-9H,1H3/q-1. The fourth-order valence-electron chi connectivity index (χ4n) is 2.32. The molecule has 0 N–H and O–H groups in total. The molecule has 2 aromatic carbocycles. The summed E-state index contributed by atoms with van der Waals surface area (Å²) in [6, 6.07) is 9.54. The SMILES string of the molecule is Cc1ccc(C(F)(F)C(F)(F)c2ccccc2-c2nnn[n-]2)cc1. The maximum atomic E-state index is 14.7. The highest BCUT2D eigenvalue weighted by Gasteiger charge is 2.59. The second-order valence-corrected chi connectivity index (χ2v) is 5.26. The van der Waals surface area contributed by atoms with Crippen LogP contribution in [0, 0.1) is 6.92 Å². The molecule has 0 aliphatic heterocycles. The summed E-state index contributed by atoms with van der Waals surface area (Å²) in [4.78, 5) is 0. The number of nitrogens with zero attached hydrogens (tertiary/aromatic N) is 4. The van der Waals surface area contributed by atoms with Crippen LogP contribution in [0.15, 0.2) is 48.5 Å². The summed E-state index contributed by atoms with van der Waals surface area (Å²) in [5.74, 6) is -9.12. The molecule has 3 rings (SSSR count). The van der Waals surface area contributed by atoms with E-state index in [0.29, 0.717) is 5.56 Å². The molecule has 24 heavy (non-hydrogen) atoms. The van der Waals surface area contributed by atoms with Crippen molar-refractivity contribution < 1.29 is 17.6 Å². The number of alkyl halides is 4. The Morgan fingerprint density at radius 2 is 1.54 bits per heavy atom. The van der Waals surface area contributed by atoms with Crippen LogP contribution in [0.4, 0.5) is 17.6 Å². The van der Waals surface area contributed by atoms with Crippen molar-refractivity contribution in [2.75, 3.05) is 0 Å². The average Bonchev–Trinajstić information content (AvgIpc) is 3.09. The minimum absolute atomic E-state index is 0.231. The lowest BCUT2D eigenvalue weighted by Crippen LogP contribution is -2.36. The number of aromatic nitrogens is 4. The normalized spacial score (nSPS) is 12.4. The number of rotatable bonds is 4.